The van der Waals surface area contributed by atoms with E-state index in [1.807, 2.05) is 24.3 Å². The molecule has 3 rings (SSSR count). The van der Waals surface area contributed by atoms with Gasteiger partial charge in [0, 0.05) is 18.7 Å². The van der Waals surface area contributed by atoms with Gasteiger partial charge < -0.3 is 4.57 Å². The van der Waals surface area contributed by atoms with Gasteiger partial charge in [0.05, 0.1) is 22.0 Å². The molecule has 0 bridgehead atoms. The van der Waals surface area contributed by atoms with Crippen molar-refractivity contribution >= 4 is 34.1 Å². The summed E-state index contributed by atoms with van der Waals surface area (Å²) in [5, 5.41) is 20.2. The summed E-state index contributed by atoms with van der Waals surface area (Å²) in [5.41, 5.74) is 1.30. The van der Waals surface area contributed by atoms with E-state index in [0.717, 1.165) is 11.6 Å². The Labute approximate surface area is 147 Å². The van der Waals surface area contributed by atoms with E-state index in [9.17, 15) is 20.2 Å². The van der Waals surface area contributed by atoms with Crippen LogP contribution in [-0.4, -0.2) is 20.3 Å². The summed E-state index contributed by atoms with van der Waals surface area (Å²) >= 11 is 5.86. The van der Waals surface area contributed by atoms with Gasteiger partial charge >= 0.3 is 0 Å². The number of nitro groups is 1. The first kappa shape index (κ1) is 16.6. The van der Waals surface area contributed by atoms with Crippen molar-refractivity contribution in [1.82, 2.24) is 9.55 Å². The topological polar surface area (TPSA) is 102 Å². The predicted molar refractivity (Wildman–Crippen MR) is 91.5 cm³/mol. The summed E-state index contributed by atoms with van der Waals surface area (Å²) in [4.78, 5) is 27.3. The van der Waals surface area contributed by atoms with Crippen LogP contribution in [0.3, 0.4) is 0 Å². The molecule has 0 aliphatic rings. The number of hydrogen-bond acceptors (Lipinski definition) is 5. The molecule has 0 N–H and O–H groups in total. The number of nitro benzene ring substituents is 1. The second kappa shape index (κ2) is 6.34. The van der Waals surface area contributed by atoms with E-state index in [2.05, 4.69) is 4.98 Å². The summed E-state index contributed by atoms with van der Waals surface area (Å²) in [6, 6.07) is 12.9. The number of aryl methyl sites for hydroxylation is 1. The van der Waals surface area contributed by atoms with Gasteiger partial charge in [0.25, 0.3) is 5.69 Å². The molecule has 0 aliphatic heterocycles. The summed E-state index contributed by atoms with van der Waals surface area (Å²) < 4.78 is 1.69. The fourth-order valence-electron chi connectivity index (χ4n) is 2.63. The minimum absolute atomic E-state index is 0.120. The third-order valence-electron chi connectivity index (χ3n) is 3.90. The Morgan fingerprint density at radius 1 is 1.36 bits per heavy atom. The van der Waals surface area contributed by atoms with Crippen LogP contribution in [0, 0.1) is 21.4 Å². The molecule has 1 heterocycles. The largest absolute Gasteiger partial charge is 0.330 e. The van der Waals surface area contributed by atoms with Crippen molar-refractivity contribution in [3.8, 4) is 6.07 Å². The smallest absolute Gasteiger partial charge is 0.287 e. The van der Waals surface area contributed by atoms with Crippen LogP contribution in [0.15, 0.2) is 42.5 Å². The molecule has 0 aliphatic carbocycles. The van der Waals surface area contributed by atoms with Crippen molar-refractivity contribution in [3.63, 3.8) is 0 Å². The molecule has 3 aromatic rings. The van der Waals surface area contributed by atoms with E-state index in [1.54, 1.807) is 17.7 Å². The number of nitrogens with zero attached hydrogens (tertiary/aromatic N) is 4. The molecule has 0 saturated carbocycles. The quantitative estimate of drug-likeness (QED) is 0.404. The minimum Gasteiger partial charge on any atom is -0.330 e. The Morgan fingerprint density at radius 3 is 2.68 bits per heavy atom. The number of carbonyl (C=O) groups excluding carboxylic acids is 1. The third-order valence-corrected chi connectivity index (χ3v) is 4.20. The molecular weight excluding hydrogens is 344 g/mol. The molecule has 0 saturated heterocycles. The van der Waals surface area contributed by atoms with E-state index < -0.39 is 16.6 Å². The Kier molecular flexibility index (Phi) is 4.21. The lowest BCUT2D eigenvalue weighted by Gasteiger charge is -2.09. The average molecular weight is 355 g/mol. The Bertz CT molecular complexity index is 1050. The molecule has 124 valence electrons. The highest BCUT2D eigenvalue weighted by atomic mass is 35.5. The lowest BCUT2D eigenvalue weighted by molar-refractivity contribution is -0.384. The molecule has 7 nitrogen and oxygen atoms in total. The standard InChI is InChI=1S/C17H11ClN4O3/c1-21-15-5-3-2-4-13(15)20-17(21)11(9-19)16(23)10-6-7-14(22(24)25)12(18)8-10/h2-8,11H,1H3/t11-/m0/s1. The first-order valence-electron chi connectivity index (χ1n) is 7.23. The minimum atomic E-state index is -1.14. The Balaban J connectivity index is 2.05. The van der Waals surface area contributed by atoms with Crippen molar-refractivity contribution in [1.29, 1.82) is 5.26 Å². The van der Waals surface area contributed by atoms with Crippen molar-refractivity contribution in [2.24, 2.45) is 7.05 Å². The van der Waals surface area contributed by atoms with Crippen LogP contribution >= 0.6 is 11.6 Å². The van der Waals surface area contributed by atoms with Gasteiger partial charge in [0.1, 0.15) is 10.8 Å². The number of halogens is 1. The third kappa shape index (κ3) is 2.84. The number of rotatable bonds is 4. The van der Waals surface area contributed by atoms with E-state index in [1.165, 1.54) is 12.1 Å². The van der Waals surface area contributed by atoms with Crippen LogP contribution in [0.2, 0.25) is 5.02 Å². The summed E-state index contributed by atoms with van der Waals surface area (Å²) in [6.45, 7) is 0. The van der Waals surface area contributed by atoms with Crippen molar-refractivity contribution < 1.29 is 9.72 Å². The fraction of sp³-hybridized carbons (Fsp3) is 0.118. The van der Waals surface area contributed by atoms with Crippen LogP contribution in [-0.2, 0) is 7.05 Å². The van der Waals surface area contributed by atoms with Crippen LogP contribution in [0.25, 0.3) is 11.0 Å². The molecule has 0 radical (unpaired) electrons. The first-order chi connectivity index (χ1) is 11.9. The number of hydrogen-bond donors (Lipinski definition) is 0. The molecular formula is C17H11ClN4O3. The number of benzene rings is 2. The average Bonchev–Trinajstić information content (AvgIpc) is 2.92. The summed E-state index contributed by atoms with van der Waals surface area (Å²) in [6.07, 6.45) is 0. The van der Waals surface area contributed by atoms with Crippen LogP contribution in [0.4, 0.5) is 5.69 Å². The van der Waals surface area contributed by atoms with Gasteiger partial charge in [0.15, 0.2) is 11.7 Å². The fourth-order valence-corrected chi connectivity index (χ4v) is 2.88. The molecule has 25 heavy (non-hydrogen) atoms. The Hall–Kier alpha value is -3.24. The summed E-state index contributed by atoms with van der Waals surface area (Å²) in [7, 11) is 1.73. The van der Waals surface area contributed by atoms with Gasteiger partial charge in [-0.1, -0.05) is 23.7 Å². The highest BCUT2D eigenvalue weighted by Gasteiger charge is 2.28. The number of ketones is 1. The number of Topliss-reactive ketones (excluding diaryl/α,β-unsaturated/α-hetero) is 1. The lowest BCUT2D eigenvalue weighted by atomic mass is 9.98. The number of carbonyl (C=O) groups is 1. The van der Waals surface area contributed by atoms with E-state index in [0.29, 0.717) is 11.3 Å². The second-order valence-corrected chi connectivity index (χ2v) is 5.77. The number of nitriles is 1. The molecule has 1 atom stereocenters. The predicted octanol–water partition coefficient (Wildman–Crippen LogP) is 3.62. The van der Waals surface area contributed by atoms with Gasteiger partial charge in [-0.05, 0) is 24.3 Å². The maximum atomic E-state index is 12.7. The van der Waals surface area contributed by atoms with Crippen LogP contribution in [0.5, 0.6) is 0 Å². The van der Waals surface area contributed by atoms with Gasteiger partial charge in [-0.15, -0.1) is 0 Å². The van der Waals surface area contributed by atoms with E-state index >= 15 is 0 Å². The SMILES string of the molecule is Cn1c([C@@H](C#N)C(=O)c2ccc([N+](=O)[O-])c(Cl)c2)nc2ccccc21. The van der Waals surface area contributed by atoms with Crippen molar-refractivity contribution in [3.05, 3.63) is 69.0 Å². The number of aromatic nitrogens is 2. The zero-order chi connectivity index (χ0) is 18.1. The normalized spacial score (nSPS) is 11.9. The van der Waals surface area contributed by atoms with Gasteiger partial charge in [-0.3, -0.25) is 14.9 Å². The molecule has 0 fully saturated rings. The van der Waals surface area contributed by atoms with Gasteiger partial charge in [-0.2, -0.15) is 5.26 Å². The van der Waals surface area contributed by atoms with E-state index in [4.69, 9.17) is 11.6 Å². The summed E-state index contributed by atoms with van der Waals surface area (Å²) in [5.74, 6) is -1.35. The second-order valence-electron chi connectivity index (χ2n) is 5.37. The van der Waals surface area contributed by atoms with Crippen LogP contribution < -0.4 is 0 Å². The highest BCUT2D eigenvalue weighted by Crippen LogP contribution is 2.29. The highest BCUT2D eigenvalue weighted by molar-refractivity contribution is 6.33. The molecule has 2 aromatic carbocycles. The molecule has 0 unspecified atom stereocenters. The van der Waals surface area contributed by atoms with Gasteiger partial charge in [-0.25, -0.2) is 4.98 Å². The maximum absolute atomic E-state index is 12.7. The monoisotopic (exact) mass is 354 g/mol. The van der Waals surface area contributed by atoms with E-state index in [-0.39, 0.29) is 16.3 Å². The maximum Gasteiger partial charge on any atom is 0.287 e. The first-order valence-corrected chi connectivity index (χ1v) is 7.61. The number of para-hydroxylation sites is 2. The zero-order valence-corrected chi connectivity index (χ0v) is 13.8. The Morgan fingerprint density at radius 2 is 2.08 bits per heavy atom. The zero-order valence-electron chi connectivity index (χ0n) is 13.0. The molecule has 8 heteroatoms. The number of fused-ring (bicyclic) bond motifs is 1. The van der Waals surface area contributed by atoms with Gasteiger partial charge in [0.2, 0.25) is 0 Å². The van der Waals surface area contributed by atoms with Crippen molar-refractivity contribution in [2.45, 2.75) is 5.92 Å². The molecule has 0 spiro atoms. The lowest BCUT2D eigenvalue weighted by Crippen LogP contribution is -2.15. The molecule has 0 amide bonds. The van der Waals surface area contributed by atoms with Crippen molar-refractivity contribution in [2.75, 3.05) is 0 Å². The molecule has 1 aromatic heterocycles. The number of imidazole rings is 1. The van der Waals surface area contributed by atoms with Crippen LogP contribution in [0.1, 0.15) is 22.1 Å².